The number of anilines is 1. The molecule has 0 atom stereocenters. The number of carbonyl (C=O) groups is 1. The molecule has 152 valence electrons. The first kappa shape index (κ1) is 19.3. The first-order valence-electron chi connectivity index (χ1n) is 9.41. The number of nitrogens with one attached hydrogen (secondary N) is 2. The number of benzene rings is 1. The number of aryl methyl sites for hydroxylation is 1. The van der Waals surface area contributed by atoms with Gasteiger partial charge in [0.05, 0.1) is 5.75 Å². The number of amides is 1. The molecule has 0 radical (unpaired) electrons. The monoisotopic (exact) mass is 414 g/mol. The maximum atomic E-state index is 12.2. The summed E-state index contributed by atoms with van der Waals surface area (Å²) in [4.78, 5) is 19.2. The molecular formula is C20H22N4O4S. The van der Waals surface area contributed by atoms with E-state index >= 15 is 0 Å². The minimum absolute atomic E-state index is 0.00710. The Hall–Kier alpha value is -3.07. The summed E-state index contributed by atoms with van der Waals surface area (Å²) in [5.74, 6) is -0.288. The van der Waals surface area contributed by atoms with E-state index in [1.54, 1.807) is 31.3 Å². The molecule has 1 amide bonds. The van der Waals surface area contributed by atoms with Crippen LogP contribution in [-0.4, -0.2) is 35.0 Å². The van der Waals surface area contributed by atoms with Crippen LogP contribution in [-0.2, 0) is 14.8 Å². The third kappa shape index (κ3) is 3.77. The molecule has 0 saturated heterocycles. The third-order valence-corrected chi connectivity index (χ3v) is 6.35. The van der Waals surface area contributed by atoms with Crippen LogP contribution in [0.3, 0.4) is 0 Å². The number of nitrogens with zero attached hydrogens (tertiary/aromatic N) is 2. The number of hydrogen-bond donors (Lipinski definition) is 3. The van der Waals surface area contributed by atoms with Crippen molar-refractivity contribution in [3.8, 4) is 11.1 Å². The van der Waals surface area contributed by atoms with Crippen molar-refractivity contribution in [3.05, 3.63) is 47.6 Å². The molecule has 1 aliphatic carbocycles. The SMILES string of the molecule is CCS(=O)(=O)Nc1ccc(-c2cc(=NC(=O)C3CC3)n(O)c3[nH]ccc23)c(C)c1. The number of rotatable bonds is 5. The molecule has 8 nitrogen and oxygen atoms in total. The number of aromatic amines is 1. The van der Waals surface area contributed by atoms with Crippen molar-refractivity contribution < 1.29 is 18.4 Å². The highest BCUT2D eigenvalue weighted by Crippen LogP contribution is 2.32. The molecule has 0 bridgehead atoms. The summed E-state index contributed by atoms with van der Waals surface area (Å²) < 4.78 is 27.1. The van der Waals surface area contributed by atoms with Gasteiger partial charge in [0.25, 0.3) is 5.91 Å². The van der Waals surface area contributed by atoms with Gasteiger partial charge in [-0.05, 0) is 67.6 Å². The lowest BCUT2D eigenvalue weighted by Crippen LogP contribution is -2.22. The molecule has 9 heteroatoms. The Morgan fingerprint density at radius 2 is 2.03 bits per heavy atom. The molecule has 29 heavy (non-hydrogen) atoms. The van der Waals surface area contributed by atoms with Gasteiger partial charge in [0.15, 0.2) is 11.1 Å². The van der Waals surface area contributed by atoms with E-state index in [1.165, 1.54) is 0 Å². The summed E-state index contributed by atoms with van der Waals surface area (Å²) in [6, 6.07) is 8.78. The van der Waals surface area contributed by atoms with Gasteiger partial charge >= 0.3 is 0 Å². The number of sulfonamides is 1. The van der Waals surface area contributed by atoms with Gasteiger partial charge in [-0.15, -0.1) is 0 Å². The summed E-state index contributed by atoms with van der Waals surface area (Å²) in [6.45, 7) is 3.46. The highest BCUT2D eigenvalue weighted by Gasteiger charge is 2.29. The van der Waals surface area contributed by atoms with Crippen LogP contribution in [0.15, 0.2) is 41.5 Å². The standard InChI is InChI=1S/C20H22N4O4S/c1-3-29(27,28)23-14-6-7-15(12(2)10-14)17-11-18(22-20(25)13-4-5-13)24(26)19-16(17)8-9-21-19/h6-11,13,21,23,26H,3-5H2,1-2H3. The van der Waals surface area contributed by atoms with Crippen molar-refractivity contribution >= 4 is 32.7 Å². The minimum Gasteiger partial charge on any atom is -0.425 e. The molecule has 3 aromatic rings. The van der Waals surface area contributed by atoms with E-state index in [2.05, 4.69) is 14.7 Å². The zero-order chi connectivity index (χ0) is 20.8. The zero-order valence-electron chi connectivity index (χ0n) is 16.1. The van der Waals surface area contributed by atoms with E-state index in [0.717, 1.165) is 39.6 Å². The molecule has 2 aromatic heterocycles. The van der Waals surface area contributed by atoms with Gasteiger partial charge in [-0.2, -0.15) is 9.72 Å². The Labute approximate surface area is 167 Å². The molecule has 1 fully saturated rings. The maximum Gasteiger partial charge on any atom is 0.250 e. The number of fused-ring (bicyclic) bond motifs is 1. The van der Waals surface area contributed by atoms with Crippen LogP contribution in [0.2, 0.25) is 0 Å². The van der Waals surface area contributed by atoms with Gasteiger partial charge in [-0.1, -0.05) is 6.07 Å². The van der Waals surface area contributed by atoms with E-state index < -0.39 is 10.0 Å². The van der Waals surface area contributed by atoms with Crippen LogP contribution < -0.4 is 10.2 Å². The van der Waals surface area contributed by atoms with Gasteiger partial charge in [-0.25, -0.2) is 8.42 Å². The fourth-order valence-corrected chi connectivity index (χ4v) is 3.88. The molecule has 1 aliphatic rings. The number of pyridine rings is 1. The van der Waals surface area contributed by atoms with Gasteiger partial charge in [0.2, 0.25) is 10.0 Å². The summed E-state index contributed by atoms with van der Waals surface area (Å²) in [5, 5.41) is 11.3. The van der Waals surface area contributed by atoms with Gasteiger partial charge in [0.1, 0.15) is 0 Å². The summed E-state index contributed by atoms with van der Waals surface area (Å²) in [7, 11) is -3.36. The second-order valence-corrected chi connectivity index (χ2v) is 9.24. The van der Waals surface area contributed by atoms with Gasteiger partial charge in [-0.3, -0.25) is 9.52 Å². The smallest absolute Gasteiger partial charge is 0.250 e. The lowest BCUT2D eigenvalue weighted by molar-refractivity contribution is -0.119. The summed E-state index contributed by atoms with van der Waals surface area (Å²) in [6.07, 6.45) is 3.37. The van der Waals surface area contributed by atoms with Crippen LogP contribution in [0.1, 0.15) is 25.3 Å². The Morgan fingerprint density at radius 3 is 2.69 bits per heavy atom. The number of hydrogen-bond acceptors (Lipinski definition) is 4. The van der Waals surface area contributed by atoms with Crippen molar-refractivity contribution in [1.82, 2.24) is 9.71 Å². The molecule has 0 spiro atoms. The lowest BCUT2D eigenvalue weighted by atomic mass is 9.98. The number of H-pyrrole nitrogens is 1. The average Bonchev–Trinajstić information content (AvgIpc) is 3.41. The second-order valence-electron chi connectivity index (χ2n) is 7.23. The minimum atomic E-state index is -3.36. The first-order valence-corrected chi connectivity index (χ1v) is 11.1. The number of carbonyl (C=O) groups excluding carboxylic acids is 1. The normalized spacial score (nSPS) is 15.0. The van der Waals surface area contributed by atoms with Crippen molar-refractivity contribution in [3.63, 3.8) is 0 Å². The summed E-state index contributed by atoms with van der Waals surface area (Å²) >= 11 is 0. The van der Waals surface area contributed by atoms with Crippen LogP contribution in [0.25, 0.3) is 22.2 Å². The second kappa shape index (κ2) is 7.07. The van der Waals surface area contributed by atoms with Crippen molar-refractivity contribution in [2.24, 2.45) is 10.9 Å². The highest BCUT2D eigenvalue weighted by molar-refractivity contribution is 7.92. The number of aromatic nitrogens is 2. The van der Waals surface area contributed by atoms with E-state index in [9.17, 15) is 18.4 Å². The molecule has 3 N–H and O–H groups in total. The van der Waals surface area contributed by atoms with Gasteiger partial charge < -0.3 is 10.2 Å². The fraction of sp³-hybridized carbons (Fsp3) is 0.300. The van der Waals surface area contributed by atoms with Crippen molar-refractivity contribution in [2.45, 2.75) is 26.7 Å². The molecule has 1 aromatic carbocycles. The van der Waals surface area contributed by atoms with Crippen LogP contribution in [0, 0.1) is 12.8 Å². The highest BCUT2D eigenvalue weighted by atomic mass is 32.2. The topological polar surface area (TPSA) is 117 Å². The average molecular weight is 414 g/mol. The lowest BCUT2D eigenvalue weighted by Gasteiger charge is -2.13. The molecular weight excluding hydrogens is 392 g/mol. The van der Waals surface area contributed by atoms with Gasteiger partial charge in [0, 0.05) is 23.2 Å². The van der Waals surface area contributed by atoms with E-state index in [1.807, 2.05) is 19.1 Å². The Kier molecular flexibility index (Phi) is 4.70. The fourth-order valence-electron chi connectivity index (χ4n) is 3.25. The quantitative estimate of drug-likeness (QED) is 0.557. The largest absolute Gasteiger partial charge is 0.425 e. The maximum absolute atomic E-state index is 12.2. The van der Waals surface area contributed by atoms with Crippen LogP contribution >= 0.6 is 0 Å². The van der Waals surface area contributed by atoms with E-state index in [0.29, 0.717) is 11.3 Å². The van der Waals surface area contributed by atoms with Crippen molar-refractivity contribution in [1.29, 1.82) is 0 Å². The predicted octanol–water partition coefficient (Wildman–Crippen LogP) is 2.78. The van der Waals surface area contributed by atoms with E-state index in [4.69, 9.17) is 0 Å². The Balaban J connectivity index is 1.84. The molecule has 0 unspecified atom stereocenters. The molecule has 1 saturated carbocycles. The molecule has 4 rings (SSSR count). The molecule has 2 heterocycles. The third-order valence-electron chi connectivity index (χ3n) is 5.04. The first-order chi connectivity index (χ1) is 13.8. The van der Waals surface area contributed by atoms with Crippen LogP contribution in [0.4, 0.5) is 5.69 Å². The zero-order valence-corrected chi connectivity index (χ0v) is 17.0. The summed E-state index contributed by atoms with van der Waals surface area (Å²) in [5.41, 5.74) is 3.56. The predicted molar refractivity (Wildman–Crippen MR) is 110 cm³/mol. The van der Waals surface area contributed by atoms with E-state index in [-0.39, 0.29) is 23.1 Å². The Morgan fingerprint density at radius 1 is 1.28 bits per heavy atom. The Bertz CT molecular complexity index is 1280. The van der Waals surface area contributed by atoms with Crippen molar-refractivity contribution in [2.75, 3.05) is 10.5 Å². The molecule has 0 aliphatic heterocycles. The van der Waals surface area contributed by atoms with Crippen LogP contribution in [0.5, 0.6) is 0 Å².